The van der Waals surface area contributed by atoms with E-state index in [-0.39, 0.29) is 24.1 Å². The van der Waals surface area contributed by atoms with E-state index in [4.69, 9.17) is 4.74 Å². The third-order valence-corrected chi connectivity index (χ3v) is 1.93. The number of rotatable bonds is 5. The van der Waals surface area contributed by atoms with E-state index in [1.165, 1.54) is 23.2 Å². The van der Waals surface area contributed by atoms with Gasteiger partial charge in [-0.05, 0) is 6.92 Å². The van der Waals surface area contributed by atoms with Crippen LogP contribution in [0.3, 0.4) is 0 Å². The van der Waals surface area contributed by atoms with Gasteiger partial charge < -0.3 is 10.1 Å². The van der Waals surface area contributed by atoms with Gasteiger partial charge in [-0.2, -0.15) is 0 Å². The predicted molar refractivity (Wildman–Crippen MR) is 58.0 cm³/mol. The van der Waals surface area contributed by atoms with Gasteiger partial charge in [-0.15, -0.1) is 0 Å². The second-order valence-electron chi connectivity index (χ2n) is 3.47. The number of nitrogens with one attached hydrogen (secondary N) is 1. The fourth-order valence-electron chi connectivity index (χ4n) is 1.26. The minimum atomic E-state index is -0.246. The molecule has 1 aromatic heterocycles. The zero-order chi connectivity index (χ0) is 12.0. The fourth-order valence-corrected chi connectivity index (χ4v) is 1.26. The normalized spacial score (nSPS) is 12.1. The molecule has 1 aromatic rings. The van der Waals surface area contributed by atoms with Crippen molar-refractivity contribution in [3.63, 3.8) is 0 Å². The standard InChI is InChI=1S/C10H15N3O3/c1-8(6-16-2)12-9(14)5-13-7-11-4-3-10(13)15/h3-4,7-8H,5-6H2,1-2H3,(H,12,14). The summed E-state index contributed by atoms with van der Waals surface area (Å²) in [6.07, 6.45) is 2.73. The van der Waals surface area contributed by atoms with Crippen molar-refractivity contribution in [1.29, 1.82) is 0 Å². The summed E-state index contributed by atoms with van der Waals surface area (Å²) < 4.78 is 6.13. The van der Waals surface area contributed by atoms with E-state index < -0.39 is 0 Å². The average Bonchev–Trinajstić information content (AvgIpc) is 2.21. The van der Waals surface area contributed by atoms with Gasteiger partial charge in [0.2, 0.25) is 5.91 Å². The van der Waals surface area contributed by atoms with E-state index in [1.807, 2.05) is 6.92 Å². The Morgan fingerprint density at radius 2 is 2.44 bits per heavy atom. The van der Waals surface area contributed by atoms with Gasteiger partial charge in [0.1, 0.15) is 6.54 Å². The number of carbonyl (C=O) groups excluding carboxylic acids is 1. The van der Waals surface area contributed by atoms with Crippen molar-refractivity contribution in [3.05, 3.63) is 28.9 Å². The molecule has 0 aliphatic heterocycles. The first-order chi connectivity index (χ1) is 7.63. The molecule has 6 heteroatoms. The summed E-state index contributed by atoms with van der Waals surface area (Å²) in [6.45, 7) is 2.24. The van der Waals surface area contributed by atoms with Crippen molar-refractivity contribution in [1.82, 2.24) is 14.9 Å². The molecule has 0 saturated heterocycles. The lowest BCUT2D eigenvalue weighted by molar-refractivity contribution is -0.122. The Bertz CT molecular complexity index is 402. The molecule has 0 bridgehead atoms. The van der Waals surface area contributed by atoms with E-state index in [0.717, 1.165) is 0 Å². The molecular formula is C10H15N3O3. The van der Waals surface area contributed by atoms with Crippen molar-refractivity contribution < 1.29 is 9.53 Å². The van der Waals surface area contributed by atoms with Gasteiger partial charge in [-0.25, -0.2) is 4.98 Å². The third kappa shape index (κ3) is 3.82. The minimum absolute atomic E-state index is 0.0271. The first-order valence-corrected chi connectivity index (χ1v) is 4.92. The number of ether oxygens (including phenoxy) is 1. The lowest BCUT2D eigenvalue weighted by atomic mass is 10.3. The van der Waals surface area contributed by atoms with E-state index >= 15 is 0 Å². The lowest BCUT2D eigenvalue weighted by Crippen LogP contribution is -2.39. The Labute approximate surface area is 93.3 Å². The molecule has 0 aromatic carbocycles. The lowest BCUT2D eigenvalue weighted by Gasteiger charge is -2.12. The zero-order valence-corrected chi connectivity index (χ0v) is 9.34. The van der Waals surface area contributed by atoms with Gasteiger partial charge in [-0.3, -0.25) is 14.2 Å². The van der Waals surface area contributed by atoms with Gasteiger partial charge in [0, 0.05) is 25.4 Å². The van der Waals surface area contributed by atoms with E-state index in [0.29, 0.717) is 6.61 Å². The third-order valence-electron chi connectivity index (χ3n) is 1.93. The largest absolute Gasteiger partial charge is 0.383 e. The van der Waals surface area contributed by atoms with Crippen LogP contribution in [0, 0.1) is 0 Å². The van der Waals surface area contributed by atoms with Crippen molar-refractivity contribution >= 4 is 5.91 Å². The fraction of sp³-hybridized carbons (Fsp3) is 0.500. The number of methoxy groups -OCH3 is 1. The summed E-state index contributed by atoms with van der Waals surface area (Å²) in [6, 6.07) is 1.23. The van der Waals surface area contributed by atoms with Crippen molar-refractivity contribution in [2.45, 2.75) is 19.5 Å². The van der Waals surface area contributed by atoms with Crippen LogP contribution in [0.1, 0.15) is 6.92 Å². The SMILES string of the molecule is COCC(C)NC(=O)Cn1cnccc1=O. The first kappa shape index (κ1) is 12.4. The van der Waals surface area contributed by atoms with E-state index in [9.17, 15) is 9.59 Å². The van der Waals surface area contributed by atoms with Crippen LogP contribution in [-0.4, -0.2) is 35.2 Å². The summed E-state index contributed by atoms with van der Waals surface area (Å²) in [5.41, 5.74) is -0.246. The van der Waals surface area contributed by atoms with Crippen LogP contribution in [0.25, 0.3) is 0 Å². The van der Waals surface area contributed by atoms with Gasteiger partial charge in [-0.1, -0.05) is 0 Å². The highest BCUT2D eigenvalue weighted by molar-refractivity contribution is 5.75. The molecule has 1 unspecified atom stereocenters. The molecule has 0 saturated carbocycles. The van der Waals surface area contributed by atoms with Crippen molar-refractivity contribution in [2.24, 2.45) is 0 Å². The number of nitrogens with zero attached hydrogens (tertiary/aromatic N) is 2. The minimum Gasteiger partial charge on any atom is -0.383 e. The number of hydrogen-bond acceptors (Lipinski definition) is 4. The van der Waals surface area contributed by atoms with E-state index in [2.05, 4.69) is 10.3 Å². The Kier molecular flexibility index (Phi) is 4.65. The number of amides is 1. The summed E-state index contributed by atoms with van der Waals surface area (Å²) in [7, 11) is 1.56. The Morgan fingerprint density at radius 3 is 3.06 bits per heavy atom. The topological polar surface area (TPSA) is 73.2 Å². The second-order valence-corrected chi connectivity index (χ2v) is 3.47. The van der Waals surface area contributed by atoms with Crippen molar-refractivity contribution in [2.75, 3.05) is 13.7 Å². The molecule has 1 atom stereocenters. The summed E-state index contributed by atoms with van der Waals surface area (Å²) in [4.78, 5) is 26.6. The number of aromatic nitrogens is 2. The molecule has 0 aliphatic rings. The molecule has 1 amide bonds. The monoisotopic (exact) mass is 225 g/mol. The van der Waals surface area contributed by atoms with Gasteiger partial charge in [0.25, 0.3) is 5.56 Å². The van der Waals surface area contributed by atoms with E-state index in [1.54, 1.807) is 7.11 Å². The molecule has 1 N–H and O–H groups in total. The van der Waals surface area contributed by atoms with Gasteiger partial charge >= 0.3 is 0 Å². The Morgan fingerprint density at radius 1 is 1.69 bits per heavy atom. The molecule has 88 valence electrons. The first-order valence-electron chi connectivity index (χ1n) is 4.92. The molecule has 0 radical (unpaired) electrons. The quantitative estimate of drug-likeness (QED) is 0.726. The maximum Gasteiger partial charge on any atom is 0.253 e. The summed E-state index contributed by atoms with van der Waals surface area (Å²) >= 11 is 0. The highest BCUT2D eigenvalue weighted by atomic mass is 16.5. The molecule has 0 aliphatic carbocycles. The van der Waals surface area contributed by atoms with Crippen LogP contribution in [0.5, 0.6) is 0 Å². The number of hydrogen-bond donors (Lipinski definition) is 1. The Hall–Kier alpha value is -1.69. The molecule has 6 nitrogen and oxygen atoms in total. The zero-order valence-electron chi connectivity index (χ0n) is 9.34. The van der Waals surface area contributed by atoms with Crippen molar-refractivity contribution in [3.8, 4) is 0 Å². The van der Waals surface area contributed by atoms with Gasteiger partial charge in [0.05, 0.1) is 12.9 Å². The smallest absolute Gasteiger partial charge is 0.253 e. The van der Waals surface area contributed by atoms with Gasteiger partial charge in [0.15, 0.2) is 0 Å². The van der Waals surface area contributed by atoms with Crippen LogP contribution in [0.2, 0.25) is 0 Å². The highest BCUT2D eigenvalue weighted by Gasteiger charge is 2.07. The highest BCUT2D eigenvalue weighted by Crippen LogP contribution is 1.84. The maximum atomic E-state index is 11.5. The average molecular weight is 225 g/mol. The van der Waals surface area contributed by atoms with Crippen LogP contribution in [0.4, 0.5) is 0 Å². The van der Waals surface area contributed by atoms with Crippen LogP contribution in [-0.2, 0) is 16.1 Å². The molecule has 0 fully saturated rings. The molecule has 0 spiro atoms. The Balaban J connectivity index is 2.52. The molecule has 1 rings (SSSR count). The predicted octanol–water partition coefficient (Wildman–Crippen LogP) is -0.606. The molecule has 1 heterocycles. The van der Waals surface area contributed by atoms with Crippen LogP contribution in [0.15, 0.2) is 23.4 Å². The number of carbonyl (C=O) groups is 1. The molecular weight excluding hydrogens is 210 g/mol. The summed E-state index contributed by atoms with van der Waals surface area (Å²) in [5, 5.41) is 2.71. The molecule has 16 heavy (non-hydrogen) atoms. The van der Waals surface area contributed by atoms with Crippen LogP contribution < -0.4 is 10.9 Å². The van der Waals surface area contributed by atoms with Crippen LogP contribution >= 0.6 is 0 Å². The summed E-state index contributed by atoms with van der Waals surface area (Å²) in [5.74, 6) is -0.236. The second kappa shape index (κ2) is 6.02. The maximum absolute atomic E-state index is 11.5.